The average Bonchev–Trinajstić information content (AvgIpc) is 2.55. The van der Waals surface area contributed by atoms with Crippen LogP contribution in [0.2, 0.25) is 0 Å². The topological polar surface area (TPSA) is 33.0 Å². The van der Waals surface area contributed by atoms with E-state index in [0.717, 1.165) is 16.9 Å². The molecule has 0 amide bonds. The fourth-order valence-corrected chi connectivity index (χ4v) is 2.54. The van der Waals surface area contributed by atoms with Crippen LogP contribution in [0.1, 0.15) is 17.5 Å². The molecule has 2 aromatic carbocycles. The zero-order valence-electron chi connectivity index (χ0n) is 12.3. The molecule has 0 radical (unpaired) electrons. The molecule has 2 heteroatoms. The summed E-state index contributed by atoms with van der Waals surface area (Å²) < 4.78 is 5.19. The number of methoxy groups -OCH3 is 1. The minimum Gasteiger partial charge on any atom is -0.497 e. The van der Waals surface area contributed by atoms with E-state index in [1.54, 1.807) is 7.11 Å². The Labute approximate surface area is 126 Å². The van der Waals surface area contributed by atoms with Crippen molar-refractivity contribution in [3.05, 3.63) is 78.4 Å². The smallest absolute Gasteiger partial charge is 0.118 e. The first-order valence-corrected chi connectivity index (χ1v) is 6.95. The minimum atomic E-state index is -0.588. The molecule has 1 atom stereocenters. The Bertz CT molecular complexity index is 625. The number of hydrogen-bond acceptors (Lipinski definition) is 2. The summed E-state index contributed by atoms with van der Waals surface area (Å²) in [6.07, 6.45) is 3.10. The summed E-state index contributed by atoms with van der Waals surface area (Å²) in [4.78, 5) is 0. The van der Waals surface area contributed by atoms with Crippen molar-refractivity contribution in [2.75, 3.05) is 7.11 Å². The van der Waals surface area contributed by atoms with Gasteiger partial charge in [0.2, 0.25) is 0 Å². The quantitative estimate of drug-likeness (QED) is 0.738. The molecule has 0 aliphatic heterocycles. The monoisotopic (exact) mass is 277 g/mol. The summed E-state index contributed by atoms with van der Waals surface area (Å²) >= 11 is 0. The molecule has 0 fully saturated rings. The first-order valence-electron chi connectivity index (χ1n) is 6.95. The molecule has 0 unspecified atom stereocenters. The summed E-state index contributed by atoms with van der Waals surface area (Å²) in [5.74, 6) is 0.795. The van der Waals surface area contributed by atoms with Crippen LogP contribution in [0.25, 0.3) is 0 Å². The molecule has 2 rings (SSSR count). The standard InChI is InChI=1S/C19H19NO/c1-3-13-19(15-20,14-16-7-5-4-6-8-16)17-9-11-18(21-2)12-10-17/h3-12H,1,13-14H2,2H3/t19-/m1/s1. The lowest BCUT2D eigenvalue weighted by molar-refractivity contribution is 0.414. The molecule has 2 aromatic rings. The highest BCUT2D eigenvalue weighted by atomic mass is 16.5. The van der Waals surface area contributed by atoms with Gasteiger partial charge in [0.25, 0.3) is 0 Å². The molecule has 106 valence electrons. The third kappa shape index (κ3) is 3.32. The molecule has 0 aromatic heterocycles. The van der Waals surface area contributed by atoms with Gasteiger partial charge < -0.3 is 4.74 Å². The number of nitriles is 1. The van der Waals surface area contributed by atoms with Gasteiger partial charge in [-0.05, 0) is 36.1 Å². The van der Waals surface area contributed by atoms with Gasteiger partial charge in [0, 0.05) is 0 Å². The van der Waals surface area contributed by atoms with E-state index in [0.29, 0.717) is 12.8 Å². The SMILES string of the molecule is C=CC[C@](C#N)(Cc1ccccc1)c1ccc(OC)cc1. The third-order valence-corrected chi connectivity index (χ3v) is 3.70. The van der Waals surface area contributed by atoms with E-state index in [4.69, 9.17) is 4.74 Å². The first-order chi connectivity index (χ1) is 10.2. The van der Waals surface area contributed by atoms with Gasteiger partial charge in [-0.1, -0.05) is 48.5 Å². The van der Waals surface area contributed by atoms with E-state index >= 15 is 0 Å². The van der Waals surface area contributed by atoms with Gasteiger partial charge in [0.1, 0.15) is 5.75 Å². The van der Waals surface area contributed by atoms with E-state index in [-0.39, 0.29) is 0 Å². The summed E-state index contributed by atoms with van der Waals surface area (Å²) in [7, 11) is 1.64. The predicted octanol–water partition coefficient (Wildman–Crippen LogP) is 4.28. The molecule has 0 saturated carbocycles. The molecule has 0 saturated heterocycles. The van der Waals surface area contributed by atoms with Crippen LogP contribution in [-0.4, -0.2) is 7.11 Å². The van der Waals surface area contributed by atoms with Gasteiger partial charge >= 0.3 is 0 Å². The molecule has 21 heavy (non-hydrogen) atoms. The van der Waals surface area contributed by atoms with Crippen molar-refractivity contribution < 1.29 is 4.74 Å². The molecule has 0 N–H and O–H groups in total. The molecule has 0 heterocycles. The lowest BCUT2D eigenvalue weighted by Gasteiger charge is -2.26. The van der Waals surface area contributed by atoms with Gasteiger partial charge in [0.15, 0.2) is 0 Å². The molecule has 0 aliphatic rings. The number of nitrogens with zero attached hydrogens (tertiary/aromatic N) is 1. The zero-order valence-corrected chi connectivity index (χ0v) is 12.3. The summed E-state index contributed by atoms with van der Waals surface area (Å²) in [5.41, 5.74) is 1.56. The fraction of sp³-hybridized carbons (Fsp3) is 0.211. The molecule has 0 bridgehead atoms. The molecule has 2 nitrogen and oxygen atoms in total. The number of benzene rings is 2. The van der Waals surface area contributed by atoms with Gasteiger partial charge in [-0.25, -0.2) is 0 Å². The Morgan fingerprint density at radius 1 is 1.14 bits per heavy atom. The number of rotatable bonds is 6. The van der Waals surface area contributed by atoms with Crippen molar-refractivity contribution in [2.24, 2.45) is 0 Å². The maximum Gasteiger partial charge on any atom is 0.118 e. The largest absolute Gasteiger partial charge is 0.497 e. The summed E-state index contributed by atoms with van der Waals surface area (Å²) in [5, 5.41) is 9.82. The minimum absolute atomic E-state index is 0.588. The van der Waals surface area contributed by atoms with E-state index < -0.39 is 5.41 Å². The third-order valence-electron chi connectivity index (χ3n) is 3.70. The highest BCUT2D eigenvalue weighted by molar-refractivity contribution is 5.39. The zero-order chi connectivity index (χ0) is 15.1. The van der Waals surface area contributed by atoms with Crippen molar-refractivity contribution in [2.45, 2.75) is 18.3 Å². The fourth-order valence-electron chi connectivity index (χ4n) is 2.54. The Kier molecular flexibility index (Phi) is 4.79. The maximum atomic E-state index is 9.82. The number of allylic oxidation sites excluding steroid dienone is 1. The van der Waals surface area contributed by atoms with Crippen molar-refractivity contribution in [3.8, 4) is 11.8 Å². The second-order valence-electron chi connectivity index (χ2n) is 5.08. The Hall–Kier alpha value is -2.53. The van der Waals surface area contributed by atoms with E-state index in [9.17, 15) is 5.26 Å². The normalized spacial score (nSPS) is 13.0. The van der Waals surface area contributed by atoms with Gasteiger partial charge in [-0.2, -0.15) is 5.26 Å². The molecule has 0 aliphatic carbocycles. The van der Waals surface area contributed by atoms with Crippen molar-refractivity contribution >= 4 is 0 Å². The highest BCUT2D eigenvalue weighted by Crippen LogP contribution is 2.33. The second kappa shape index (κ2) is 6.76. The Morgan fingerprint density at radius 2 is 1.81 bits per heavy atom. The number of hydrogen-bond donors (Lipinski definition) is 0. The maximum absolute atomic E-state index is 9.82. The van der Waals surface area contributed by atoms with Crippen molar-refractivity contribution in [1.82, 2.24) is 0 Å². The highest BCUT2D eigenvalue weighted by Gasteiger charge is 2.31. The summed E-state index contributed by atoms with van der Waals surface area (Å²) in [6.45, 7) is 3.82. The van der Waals surface area contributed by atoms with Crippen LogP contribution < -0.4 is 4.74 Å². The van der Waals surface area contributed by atoms with Crippen LogP contribution in [-0.2, 0) is 11.8 Å². The van der Waals surface area contributed by atoms with Crippen molar-refractivity contribution in [1.29, 1.82) is 5.26 Å². The first kappa shape index (κ1) is 14.9. The molecule has 0 spiro atoms. The number of ether oxygens (including phenoxy) is 1. The van der Waals surface area contributed by atoms with Gasteiger partial charge in [-0.3, -0.25) is 0 Å². The predicted molar refractivity (Wildman–Crippen MR) is 85.2 cm³/mol. The van der Waals surface area contributed by atoms with Crippen LogP contribution in [0.3, 0.4) is 0 Å². The van der Waals surface area contributed by atoms with Crippen molar-refractivity contribution in [3.63, 3.8) is 0 Å². The van der Waals surface area contributed by atoms with Crippen LogP contribution in [0.4, 0.5) is 0 Å². The van der Waals surface area contributed by atoms with E-state index in [2.05, 4.69) is 24.8 Å². The Morgan fingerprint density at radius 3 is 2.33 bits per heavy atom. The van der Waals surface area contributed by atoms with Crippen LogP contribution in [0, 0.1) is 11.3 Å². The molecular formula is C19H19NO. The van der Waals surface area contributed by atoms with E-state index in [1.807, 2.05) is 48.5 Å². The average molecular weight is 277 g/mol. The van der Waals surface area contributed by atoms with Crippen LogP contribution in [0.15, 0.2) is 67.3 Å². The lowest BCUT2D eigenvalue weighted by Crippen LogP contribution is -2.26. The molecular weight excluding hydrogens is 258 g/mol. The second-order valence-corrected chi connectivity index (χ2v) is 5.08. The van der Waals surface area contributed by atoms with Gasteiger partial charge in [-0.15, -0.1) is 6.58 Å². The van der Waals surface area contributed by atoms with E-state index in [1.165, 1.54) is 0 Å². The van der Waals surface area contributed by atoms with Gasteiger partial charge in [0.05, 0.1) is 18.6 Å². The lowest BCUT2D eigenvalue weighted by atomic mass is 9.74. The Balaban J connectivity index is 2.40. The van der Waals surface area contributed by atoms with Crippen LogP contribution in [0.5, 0.6) is 5.75 Å². The van der Waals surface area contributed by atoms with Crippen LogP contribution >= 0.6 is 0 Å². The summed E-state index contributed by atoms with van der Waals surface area (Å²) in [6, 6.07) is 20.3.